The number of cyclic esters (lactones) is 1. The first-order valence-electron chi connectivity index (χ1n) is 17.9. The lowest BCUT2D eigenvalue weighted by atomic mass is 9.78. The highest BCUT2D eigenvalue weighted by atomic mass is 19.4. The van der Waals surface area contributed by atoms with Crippen LogP contribution in [0.3, 0.4) is 0 Å². The lowest BCUT2D eigenvalue weighted by Crippen LogP contribution is -2.60. The fourth-order valence-electron chi connectivity index (χ4n) is 7.34. The zero-order valence-electron chi connectivity index (χ0n) is 31.4. The average Bonchev–Trinajstić information content (AvgIpc) is 3.06. The van der Waals surface area contributed by atoms with Crippen molar-refractivity contribution in [3.05, 3.63) is 29.8 Å². The molecule has 3 rings (SSSR count). The number of esters is 1. The quantitative estimate of drug-likeness (QED) is 0.219. The van der Waals surface area contributed by atoms with Crippen molar-refractivity contribution in [3.8, 4) is 0 Å². The van der Waals surface area contributed by atoms with E-state index in [0.717, 1.165) is 24.3 Å². The fraction of sp³-hybridized carbons (Fsp3) is 0.778. The highest BCUT2D eigenvalue weighted by Gasteiger charge is 2.50. The summed E-state index contributed by atoms with van der Waals surface area (Å²) < 4.78 is 57.0. The van der Waals surface area contributed by atoms with Gasteiger partial charge in [0, 0.05) is 24.7 Å². The third kappa shape index (κ3) is 10.3. The van der Waals surface area contributed by atoms with Gasteiger partial charge in [0.2, 0.25) is 0 Å². The van der Waals surface area contributed by atoms with Gasteiger partial charge in [-0.3, -0.25) is 4.79 Å². The minimum atomic E-state index is -4.54. The smallest absolute Gasteiger partial charge is 0.416 e. The van der Waals surface area contributed by atoms with Gasteiger partial charge >= 0.3 is 18.2 Å². The molecular formula is C36H58F3N3O10. The van der Waals surface area contributed by atoms with E-state index in [1.165, 1.54) is 32.7 Å². The van der Waals surface area contributed by atoms with E-state index in [4.69, 9.17) is 14.2 Å². The van der Waals surface area contributed by atoms with Gasteiger partial charge in [-0.15, -0.1) is 0 Å². The number of nitrogens with one attached hydrogen (secondary N) is 2. The topological polar surface area (TPSA) is 190 Å². The summed E-state index contributed by atoms with van der Waals surface area (Å²) in [5.41, 5.74) is -4.30. The SMILES string of the molecule is CC[C@H]1OC(=O)[C@H](C)[C@@H](O)[C@H](C)[C@@H](O[C@@H]2O[C@H](C)C[C@H](N(C)C(=O)Nc3ccc(C(F)(F)F)cc3)[C@H]2O)[C@](C)(O)C[C@@H](C)CN[C@H](C)[C@@H](O)[C@]1(C)O. The van der Waals surface area contributed by atoms with Crippen molar-refractivity contribution >= 4 is 17.7 Å². The van der Waals surface area contributed by atoms with Gasteiger partial charge in [0.15, 0.2) is 6.29 Å². The maximum absolute atomic E-state index is 13.4. The molecule has 0 spiro atoms. The Hall–Kier alpha value is -2.57. The third-order valence-corrected chi connectivity index (χ3v) is 10.6. The van der Waals surface area contributed by atoms with E-state index >= 15 is 0 Å². The summed E-state index contributed by atoms with van der Waals surface area (Å²) in [5, 5.41) is 63.2. The van der Waals surface area contributed by atoms with E-state index in [9.17, 15) is 48.3 Å². The molecule has 0 saturated carbocycles. The Morgan fingerprint density at radius 3 is 2.21 bits per heavy atom. The van der Waals surface area contributed by atoms with Crippen molar-refractivity contribution in [2.75, 3.05) is 18.9 Å². The number of nitrogens with zero attached hydrogens (tertiary/aromatic N) is 1. The largest absolute Gasteiger partial charge is 0.459 e. The minimum absolute atomic E-state index is 0.0918. The van der Waals surface area contributed by atoms with Crippen molar-refractivity contribution < 1.29 is 62.5 Å². The number of likely N-dealkylation sites (N-methyl/N-ethyl adjacent to an activating group) is 1. The number of aliphatic hydroxyl groups is 5. The summed E-state index contributed by atoms with van der Waals surface area (Å²) in [7, 11) is 1.41. The summed E-state index contributed by atoms with van der Waals surface area (Å²) in [5.74, 6) is -3.25. The van der Waals surface area contributed by atoms with E-state index in [2.05, 4.69) is 10.6 Å². The van der Waals surface area contributed by atoms with Crippen LogP contribution >= 0.6 is 0 Å². The first kappa shape index (κ1) is 43.8. The average molecular weight is 750 g/mol. The van der Waals surface area contributed by atoms with Crippen LogP contribution in [-0.2, 0) is 25.2 Å². The molecule has 14 atom stereocenters. The van der Waals surface area contributed by atoms with Crippen LogP contribution in [0.25, 0.3) is 0 Å². The van der Waals surface area contributed by atoms with Crippen LogP contribution in [0, 0.1) is 17.8 Å². The number of anilines is 1. The third-order valence-electron chi connectivity index (χ3n) is 10.6. The van der Waals surface area contributed by atoms with Crippen molar-refractivity contribution in [3.63, 3.8) is 0 Å². The molecule has 0 unspecified atom stereocenters. The molecule has 2 fully saturated rings. The second kappa shape index (κ2) is 17.3. The van der Waals surface area contributed by atoms with Gasteiger partial charge in [0.05, 0.1) is 41.4 Å². The second-order valence-corrected chi connectivity index (χ2v) is 15.3. The van der Waals surface area contributed by atoms with Crippen molar-refractivity contribution in [2.45, 2.75) is 147 Å². The van der Waals surface area contributed by atoms with Crippen molar-refractivity contribution in [1.82, 2.24) is 10.2 Å². The van der Waals surface area contributed by atoms with Gasteiger partial charge in [0.1, 0.15) is 23.9 Å². The minimum Gasteiger partial charge on any atom is -0.459 e. The van der Waals surface area contributed by atoms with Gasteiger partial charge < -0.3 is 55.3 Å². The van der Waals surface area contributed by atoms with Gasteiger partial charge in [0.25, 0.3) is 0 Å². The predicted molar refractivity (Wildman–Crippen MR) is 185 cm³/mol. The van der Waals surface area contributed by atoms with E-state index < -0.39 is 102 Å². The Balaban J connectivity index is 1.90. The summed E-state index contributed by atoms with van der Waals surface area (Å²) >= 11 is 0. The summed E-state index contributed by atoms with van der Waals surface area (Å²) in [6, 6.07) is 1.66. The van der Waals surface area contributed by atoms with Crippen LogP contribution < -0.4 is 10.6 Å². The van der Waals surface area contributed by atoms with E-state index in [1.54, 1.807) is 27.7 Å². The molecule has 298 valence electrons. The van der Waals surface area contributed by atoms with Crippen molar-refractivity contribution in [1.29, 1.82) is 0 Å². The van der Waals surface area contributed by atoms with Gasteiger partial charge in [-0.25, -0.2) is 4.79 Å². The molecular weight excluding hydrogens is 691 g/mol. The molecule has 13 nitrogen and oxygen atoms in total. The summed E-state index contributed by atoms with van der Waals surface area (Å²) in [6.45, 7) is 13.1. The molecule has 0 aliphatic carbocycles. The number of urea groups is 1. The van der Waals surface area contributed by atoms with E-state index in [-0.39, 0.29) is 30.9 Å². The molecule has 1 aromatic carbocycles. The summed E-state index contributed by atoms with van der Waals surface area (Å²) in [6.07, 6.45) is -12.8. The molecule has 2 heterocycles. The first-order chi connectivity index (χ1) is 23.9. The lowest BCUT2D eigenvalue weighted by molar-refractivity contribution is -0.298. The Morgan fingerprint density at radius 1 is 1.06 bits per heavy atom. The Morgan fingerprint density at radius 2 is 1.65 bits per heavy atom. The Bertz CT molecular complexity index is 1330. The highest BCUT2D eigenvalue weighted by molar-refractivity contribution is 5.89. The fourth-order valence-corrected chi connectivity index (χ4v) is 7.34. The van der Waals surface area contributed by atoms with Crippen molar-refractivity contribution in [2.24, 2.45) is 17.8 Å². The number of benzene rings is 1. The highest BCUT2D eigenvalue weighted by Crippen LogP contribution is 2.36. The standard InChI is InChI=1S/C36H58F3N3O10/c1-10-26-35(8,49)29(45)22(6)40-17-18(2)16-34(7,48)30(20(4)27(43)21(5)31(46)51-26)52-32-28(44)25(15-19(3)50-32)42(9)33(47)41-24-13-11-23(12-14-24)36(37,38)39/h11-14,18-22,25-30,32,40,43-45,48-49H,10,15-17H2,1-9H3,(H,41,47)/t18-,19-,20+,21-,22-,25+,26-,27+,28-,29-,30-,32+,34-,35-/m1/s1. The number of rotatable bonds is 5. The van der Waals surface area contributed by atoms with Crippen LogP contribution in [0.2, 0.25) is 0 Å². The zero-order chi connectivity index (χ0) is 39.5. The predicted octanol–water partition coefficient (Wildman–Crippen LogP) is 3.25. The number of halogens is 3. The number of hydrogen-bond acceptors (Lipinski definition) is 11. The van der Waals surface area contributed by atoms with Gasteiger partial charge in [-0.2, -0.15) is 13.2 Å². The molecule has 7 N–H and O–H groups in total. The maximum atomic E-state index is 13.4. The number of alkyl halides is 3. The van der Waals surface area contributed by atoms with Crippen LogP contribution in [0.4, 0.5) is 23.7 Å². The Kier molecular flexibility index (Phi) is 14.6. The van der Waals surface area contributed by atoms with Gasteiger partial charge in [-0.1, -0.05) is 20.8 Å². The normalized spacial score (nSPS) is 40.2. The zero-order valence-corrected chi connectivity index (χ0v) is 31.4. The van der Waals surface area contributed by atoms with Gasteiger partial charge in [-0.05, 0) is 90.6 Å². The number of hydrogen-bond donors (Lipinski definition) is 7. The molecule has 2 aliphatic rings. The molecule has 2 saturated heterocycles. The molecule has 2 amide bonds. The summed E-state index contributed by atoms with van der Waals surface area (Å²) in [4.78, 5) is 27.8. The molecule has 0 bridgehead atoms. The van der Waals surface area contributed by atoms with E-state index in [1.807, 2.05) is 6.92 Å². The lowest BCUT2D eigenvalue weighted by Gasteiger charge is -2.47. The first-order valence-corrected chi connectivity index (χ1v) is 17.9. The second-order valence-electron chi connectivity index (χ2n) is 15.3. The van der Waals surface area contributed by atoms with Crippen LogP contribution in [0.1, 0.15) is 80.2 Å². The number of amides is 2. The number of carbonyl (C=O) groups excluding carboxylic acids is 2. The van der Waals surface area contributed by atoms with Crippen LogP contribution in [0.15, 0.2) is 24.3 Å². The molecule has 2 aliphatic heterocycles. The number of carbonyl (C=O) groups is 2. The van der Waals surface area contributed by atoms with Crippen LogP contribution in [-0.4, -0.2) is 122 Å². The van der Waals surface area contributed by atoms with Crippen LogP contribution in [0.5, 0.6) is 0 Å². The molecule has 16 heteroatoms. The molecule has 0 aromatic heterocycles. The number of aliphatic hydroxyl groups excluding tert-OH is 3. The Labute approximate surface area is 303 Å². The number of ether oxygens (including phenoxy) is 3. The molecule has 0 radical (unpaired) electrons. The van der Waals surface area contributed by atoms with E-state index in [0.29, 0.717) is 6.54 Å². The maximum Gasteiger partial charge on any atom is 0.416 e. The molecule has 52 heavy (non-hydrogen) atoms. The molecule has 1 aromatic rings. The monoisotopic (exact) mass is 749 g/mol.